The third kappa shape index (κ3) is 3.27. The molecule has 1 aliphatic heterocycles. The molecule has 4 heterocycles. The molecule has 0 spiro atoms. The molecule has 0 bridgehead atoms. The molecule has 1 fully saturated rings. The zero-order valence-corrected chi connectivity index (χ0v) is 16.6. The summed E-state index contributed by atoms with van der Waals surface area (Å²) in [4.78, 5) is 12.6. The van der Waals surface area contributed by atoms with E-state index in [9.17, 15) is 10.2 Å². The molecule has 4 atom stereocenters. The quantitative estimate of drug-likeness (QED) is 0.429. The van der Waals surface area contributed by atoms with Crippen LogP contribution in [0.4, 0.5) is 5.82 Å². The molecular weight excluding hydrogens is 406 g/mol. The highest BCUT2D eigenvalue weighted by atomic mass is 35.5. The van der Waals surface area contributed by atoms with Crippen LogP contribution in [0.2, 0.25) is 5.15 Å². The number of aromatic nitrogens is 4. The van der Waals surface area contributed by atoms with Gasteiger partial charge in [0, 0.05) is 11.6 Å². The van der Waals surface area contributed by atoms with E-state index in [-0.39, 0.29) is 0 Å². The molecule has 3 aromatic heterocycles. The highest BCUT2D eigenvalue weighted by Gasteiger charge is 2.43. The van der Waals surface area contributed by atoms with Gasteiger partial charge in [0.2, 0.25) is 0 Å². The summed E-state index contributed by atoms with van der Waals surface area (Å²) in [6.07, 6.45) is 0.906. The average molecular weight is 426 g/mol. The molecule has 0 unspecified atom stereocenters. The number of ether oxygens (including phenoxy) is 1. The molecule has 8 nitrogen and oxygen atoms in total. The van der Waals surface area contributed by atoms with Crippen molar-refractivity contribution >= 4 is 39.4 Å². The van der Waals surface area contributed by atoms with Gasteiger partial charge < -0.3 is 25.3 Å². The van der Waals surface area contributed by atoms with E-state index in [0.717, 1.165) is 16.5 Å². The van der Waals surface area contributed by atoms with Crippen molar-refractivity contribution in [3.8, 4) is 0 Å². The van der Waals surface area contributed by atoms with Gasteiger partial charge in [0.15, 0.2) is 6.23 Å². The molecule has 1 aromatic carbocycles. The lowest BCUT2D eigenvalue weighted by Crippen LogP contribution is -2.31. The van der Waals surface area contributed by atoms with Gasteiger partial charge in [0.1, 0.15) is 35.2 Å². The normalized spacial score (nSPS) is 24.1. The number of aryl methyl sites for hydroxylation is 1. The number of halogens is 1. The summed E-state index contributed by atoms with van der Waals surface area (Å²) in [5.74, 6) is 0.475. The van der Waals surface area contributed by atoms with Crippen molar-refractivity contribution in [2.45, 2.75) is 37.4 Å². The smallest absolute Gasteiger partial charge is 0.164 e. The number of nitrogens with two attached hydrogens (primary N) is 1. The molecule has 0 aliphatic carbocycles. The van der Waals surface area contributed by atoms with Gasteiger partial charge >= 0.3 is 0 Å². The molecule has 4 aromatic rings. The second-order valence-electron chi connectivity index (χ2n) is 7.47. The zero-order chi connectivity index (χ0) is 20.8. The Hall–Kier alpha value is -2.78. The molecule has 4 N–H and O–H groups in total. The summed E-state index contributed by atoms with van der Waals surface area (Å²) in [6.45, 7) is 0. The van der Waals surface area contributed by atoms with Gasteiger partial charge in [-0.25, -0.2) is 15.0 Å². The Balaban J connectivity index is 1.34. The number of anilines is 1. The predicted octanol–water partition coefficient (Wildman–Crippen LogP) is 2.47. The van der Waals surface area contributed by atoms with E-state index < -0.39 is 24.5 Å². The number of aliphatic hydroxyl groups excluding tert-OH is 2. The molecule has 0 saturated carbocycles. The summed E-state index contributed by atoms with van der Waals surface area (Å²) < 4.78 is 7.71. The van der Waals surface area contributed by atoms with Gasteiger partial charge in [-0.3, -0.25) is 0 Å². The van der Waals surface area contributed by atoms with Crippen molar-refractivity contribution in [1.29, 1.82) is 0 Å². The number of nitrogens with zero attached hydrogens (tertiary/aromatic N) is 4. The maximum Gasteiger partial charge on any atom is 0.164 e. The lowest BCUT2D eigenvalue weighted by atomic mass is 10.0. The number of rotatable bonds is 4. The number of hydrogen-bond acceptors (Lipinski definition) is 7. The van der Waals surface area contributed by atoms with Crippen LogP contribution in [0.15, 0.2) is 48.9 Å². The largest absolute Gasteiger partial charge is 0.388 e. The number of fused-ring (bicyclic) bond motifs is 2. The Morgan fingerprint density at radius 3 is 2.80 bits per heavy atom. The third-order valence-corrected chi connectivity index (χ3v) is 5.87. The van der Waals surface area contributed by atoms with E-state index in [2.05, 4.69) is 15.0 Å². The van der Waals surface area contributed by atoms with Crippen molar-refractivity contribution in [3.05, 3.63) is 59.6 Å². The molecule has 1 aliphatic rings. The second kappa shape index (κ2) is 7.48. The fourth-order valence-corrected chi connectivity index (χ4v) is 4.18. The van der Waals surface area contributed by atoms with Crippen molar-refractivity contribution < 1.29 is 14.9 Å². The first kappa shape index (κ1) is 19.2. The van der Waals surface area contributed by atoms with Crippen LogP contribution in [0.1, 0.15) is 18.2 Å². The number of aliphatic hydroxyl groups is 2. The number of hydrogen-bond donors (Lipinski definition) is 3. The average Bonchev–Trinajstić information content (AvgIpc) is 3.29. The second-order valence-corrected chi connectivity index (χ2v) is 7.83. The van der Waals surface area contributed by atoms with Crippen molar-refractivity contribution in [3.63, 3.8) is 0 Å². The van der Waals surface area contributed by atoms with E-state index in [1.165, 1.54) is 6.33 Å². The van der Waals surface area contributed by atoms with Gasteiger partial charge in [-0.15, -0.1) is 0 Å². The van der Waals surface area contributed by atoms with Crippen molar-refractivity contribution in [2.24, 2.45) is 0 Å². The molecule has 154 valence electrons. The molecular formula is C21H20ClN5O3. The van der Waals surface area contributed by atoms with E-state index in [4.69, 9.17) is 22.1 Å². The van der Waals surface area contributed by atoms with Gasteiger partial charge in [0.05, 0.1) is 17.0 Å². The standard InChI is InChI=1S/C21H20ClN5O3/c22-19-13-7-8-27(20(13)25-10-24-19)21-18(29)17(28)15(30-21)5-2-11-1-3-12-4-6-16(23)26-14(12)9-11/h1,3-4,6-10,15,17-18,21,28-29H,2,5H2,(H2,23,26)/t15-,17-,18-,21-/m1/s1. The summed E-state index contributed by atoms with van der Waals surface area (Å²) in [7, 11) is 0. The van der Waals surface area contributed by atoms with Crippen LogP contribution in [0.3, 0.4) is 0 Å². The monoisotopic (exact) mass is 425 g/mol. The third-order valence-electron chi connectivity index (χ3n) is 5.57. The minimum atomic E-state index is -1.09. The van der Waals surface area contributed by atoms with Crippen LogP contribution in [-0.4, -0.2) is 48.0 Å². The lowest BCUT2D eigenvalue weighted by molar-refractivity contribution is -0.0364. The van der Waals surface area contributed by atoms with Gasteiger partial charge in [-0.05, 0) is 42.7 Å². The first-order valence-corrected chi connectivity index (χ1v) is 10.0. The fourth-order valence-electron chi connectivity index (χ4n) is 3.99. The van der Waals surface area contributed by atoms with E-state index in [1.807, 2.05) is 24.3 Å². The fraction of sp³-hybridized carbons (Fsp3) is 0.286. The Morgan fingerprint density at radius 2 is 1.93 bits per heavy atom. The molecule has 30 heavy (non-hydrogen) atoms. The highest BCUT2D eigenvalue weighted by molar-refractivity contribution is 6.33. The molecule has 5 rings (SSSR count). The van der Waals surface area contributed by atoms with Gasteiger partial charge in [-0.1, -0.05) is 23.7 Å². The Kier molecular flexibility index (Phi) is 4.79. The first-order chi connectivity index (χ1) is 14.5. The Labute approximate surface area is 176 Å². The van der Waals surface area contributed by atoms with Crippen molar-refractivity contribution in [2.75, 3.05) is 5.73 Å². The van der Waals surface area contributed by atoms with Crippen LogP contribution in [0.5, 0.6) is 0 Å². The number of pyridine rings is 1. The Morgan fingerprint density at radius 1 is 1.10 bits per heavy atom. The minimum Gasteiger partial charge on any atom is -0.388 e. The maximum absolute atomic E-state index is 10.6. The summed E-state index contributed by atoms with van der Waals surface area (Å²) in [6, 6.07) is 11.5. The number of benzene rings is 1. The summed E-state index contributed by atoms with van der Waals surface area (Å²) >= 11 is 6.11. The molecule has 9 heteroatoms. The SMILES string of the molecule is Nc1ccc2ccc(CC[C@H]3O[C@@H](n4ccc5c(Cl)ncnc54)[C@H](O)[C@@H]3O)cc2n1. The Bertz CT molecular complexity index is 1230. The van der Waals surface area contributed by atoms with Crippen LogP contribution in [0.25, 0.3) is 21.9 Å². The predicted molar refractivity (Wildman–Crippen MR) is 113 cm³/mol. The van der Waals surface area contributed by atoms with E-state index >= 15 is 0 Å². The minimum absolute atomic E-state index is 0.328. The van der Waals surface area contributed by atoms with Crippen LogP contribution < -0.4 is 5.73 Å². The van der Waals surface area contributed by atoms with Crippen LogP contribution >= 0.6 is 11.6 Å². The molecule has 1 saturated heterocycles. The molecule has 0 radical (unpaired) electrons. The van der Waals surface area contributed by atoms with Gasteiger partial charge in [0.25, 0.3) is 0 Å². The lowest BCUT2D eigenvalue weighted by Gasteiger charge is -2.17. The van der Waals surface area contributed by atoms with Crippen LogP contribution in [0, 0.1) is 0 Å². The van der Waals surface area contributed by atoms with E-state index in [1.54, 1.807) is 22.9 Å². The summed E-state index contributed by atoms with van der Waals surface area (Å²) in [5.41, 5.74) is 8.21. The topological polar surface area (TPSA) is 119 Å². The highest BCUT2D eigenvalue weighted by Crippen LogP contribution is 2.34. The first-order valence-electron chi connectivity index (χ1n) is 9.65. The van der Waals surface area contributed by atoms with Gasteiger partial charge in [-0.2, -0.15) is 0 Å². The zero-order valence-electron chi connectivity index (χ0n) is 15.9. The number of nitrogen functional groups attached to an aromatic ring is 1. The van der Waals surface area contributed by atoms with E-state index in [0.29, 0.717) is 34.8 Å². The van der Waals surface area contributed by atoms with Crippen LogP contribution in [-0.2, 0) is 11.2 Å². The van der Waals surface area contributed by atoms with Crippen molar-refractivity contribution in [1.82, 2.24) is 19.5 Å². The molecule has 0 amide bonds. The summed E-state index contributed by atoms with van der Waals surface area (Å²) in [5, 5.41) is 23.2. The maximum atomic E-state index is 10.6.